The van der Waals surface area contributed by atoms with Gasteiger partial charge in [-0.3, -0.25) is 4.79 Å². The molecule has 0 aliphatic rings. The van der Waals surface area contributed by atoms with Crippen LogP contribution in [-0.2, 0) is 6.42 Å². The monoisotopic (exact) mass is 218 g/mol. The Morgan fingerprint density at radius 2 is 2.31 bits per heavy atom. The van der Waals surface area contributed by atoms with Crippen molar-refractivity contribution >= 4 is 0 Å². The highest BCUT2D eigenvalue weighted by Gasteiger charge is 2.06. The third-order valence-corrected chi connectivity index (χ3v) is 2.21. The summed E-state index contributed by atoms with van der Waals surface area (Å²) in [6, 6.07) is 3.32. The van der Waals surface area contributed by atoms with E-state index in [9.17, 15) is 4.79 Å². The van der Waals surface area contributed by atoms with E-state index in [0.717, 1.165) is 17.7 Å². The van der Waals surface area contributed by atoms with E-state index in [0.29, 0.717) is 11.7 Å². The number of H-pyrrole nitrogens is 1. The normalized spacial score (nSPS) is 10.9. The maximum Gasteiger partial charge on any atom is 0.251 e. The second kappa shape index (κ2) is 4.35. The van der Waals surface area contributed by atoms with Crippen LogP contribution in [0.4, 0.5) is 0 Å². The molecule has 0 amide bonds. The second-order valence-electron chi connectivity index (χ2n) is 4.20. The molecule has 0 radical (unpaired) electrons. The second-order valence-corrected chi connectivity index (χ2v) is 4.20. The molecule has 84 valence electrons. The lowest BCUT2D eigenvalue weighted by Gasteiger charge is -2.04. The van der Waals surface area contributed by atoms with Crippen molar-refractivity contribution in [2.45, 2.75) is 20.3 Å². The highest BCUT2D eigenvalue weighted by Crippen LogP contribution is 2.14. The average molecular weight is 218 g/mol. The molecule has 0 spiro atoms. The molecule has 2 aromatic rings. The Balaban J connectivity index is 2.40. The zero-order chi connectivity index (χ0) is 11.5. The fourth-order valence-corrected chi connectivity index (χ4v) is 1.57. The van der Waals surface area contributed by atoms with Crippen LogP contribution in [0.3, 0.4) is 0 Å². The fraction of sp³-hybridized carbons (Fsp3) is 0.333. The number of furan rings is 1. The average Bonchev–Trinajstić information content (AvgIpc) is 2.67. The molecule has 0 saturated heterocycles. The van der Waals surface area contributed by atoms with E-state index in [1.54, 1.807) is 24.7 Å². The maximum atomic E-state index is 11.5. The van der Waals surface area contributed by atoms with Gasteiger partial charge in [-0.1, -0.05) is 13.8 Å². The summed E-state index contributed by atoms with van der Waals surface area (Å²) >= 11 is 0. The molecule has 0 aliphatic carbocycles. The molecular weight excluding hydrogens is 204 g/mol. The van der Waals surface area contributed by atoms with Gasteiger partial charge in [-0.05, 0) is 18.4 Å². The van der Waals surface area contributed by atoms with Gasteiger partial charge >= 0.3 is 0 Å². The van der Waals surface area contributed by atoms with Gasteiger partial charge in [-0.15, -0.1) is 0 Å². The number of rotatable bonds is 3. The van der Waals surface area contributed by atoms with Gasteiger partial charge in [-0.25, -0.2) is 4.98 Å². The molecule has 0 fully saturated rings. The smallest absolute Gasteiger partial charge is 0.251 e. The van der Waals surface area contributed by atoms with Crippen LogP contribution in [0, 0.1) is 5.92 Å². The van der Waals surface area contributed by atoms with Gasteiger partial charge in [0.15, 0.2) is 0 Å². The SMILES string of the molecule is CC(C)Cc1cc(=O)[nH]c(-c2ccoc2)n1. The zero-order valence-corrected chi connectivity index (χ0v) is 9.36. The van der Waals surface area contributed by atoms with Gasteiger partial charge in [0.25, 0.3) is 5.56 Å². The number of aromatic amines is 1. The minimum atomic E-state index is -0.123. The van der Waals surface area contributed by atoms with E-state index in [4.69, 9.17) is 4.42 Å². The van der Waals surface area contributed by atoms with E-state index in [2.05, 4.69) is 23.8 Å². The molecule has 0 bridgehead atoms. The molecule has 0 unspecified atom stereocenters. The molecule has 0 aromatic carbocycles. The predicted molar refractivity (Wildman–Crippen MR) is 61.1 cm³/mol. The summed E-state index contributed by atoms with van der Waals surface area (Å²) in [6.45, 7) is 4.20. The number of hydrogen-bond donors (Lipinski definition) is 1. The van der Waals surface area contributed by atoms with Crippen molar-refractivity contribution in [2.75, 3.05) is 0 Å². The third kappa shape index (κ3) is 2.39. The van der Waals surface area contributed by atoms with Crippen molar-refractivity contribution in [2.24, 2.45) is 5.92 Å². The summed E-state index contributed by atoms with van der Waals surface area (Å²) in [5.74, 6) is 1.04. The fourth-order valence-electron chi connectivity index (χ4n) is 1.57. The first kappa shape index (κ1) is 10.7. The van der Waals surface area contributed by atoms with Crippen molar-refractivity contribution < 1.29 is 4.42 Å². The van der Waals surface area contributed by atoms with Gasteiger partial charge in [0.1, 0.15) is 12.1 Å². The largest absolute Gasteiger partial charge is 0.472 e. The van der Waals surface area contributed by atoms with E-state index in [1.807, 2.05) is 0 Å². The molecule has 2 heterocycles. The predicted octanol–water partition coefficient (Wildman–Crippen LogP) is 2.23. The standard InChI is InChI=1S/C12H14N2O2/c1-8(2)5-10-6-11(15)14-12(13-10)9-3-4-16-7-9/h3-4,6-8H,5H2,1-2H3,(H,13,14,15). The molecule has 4 nitrogen and oxygen atoms in total. The Morgan fingerprint density at radius 1 is 1.50 bits per heavy atom. The lowest BCUT2D eigenvalue weighted by molar-refractivity contribution is 0.568. The molecule has 4 heteroatoms. The first-order chi connectivity index (χ1) is 7.65. The van der Waals surface area contributed by atoms with Gasteiger partial charge in [0, 0.05) is 11.8 Å². The van der Waals surface area contributed by atoms with Crippen molar-refractivity contribution in [3.63, 3.8) is 0 Å². The Bertz CT molecular complexity index is 512. The van der Waals surface area contributed by atoms with Crippen LogP contribution in [-0.4, -0.2) is 9.97 Å². The van der Waals surface area contributed by atoms with E-state index in [-0.39, 0.29) is 5.56 Å². The van der Waals surface area contributed by atoms with Crippen LogP contribution < -0.4 is 5.56 Å². The number of nitrogens with zero attached hydrogens (tertiary/aromatic N) is 1. The lowest BCUT2D eigenvalue weighted by atomic mass is 10.1. The quantitative estimate of drug-likeness (QED) is 0.859. The van der Waals surface area contributed by atoms with Crippen molar-refractivity contribution in [3.05, 3.63) is 40.7 Å². The van der Waals surface area contributed by atoms with Crippen LogP contribution in [0.15, 0.2) is 33.9 Å². The molecule has 1 N–H and O–H groups in total. The minimum Gasteiger partial charge on any atom is -0.472 e. The van der Waals surface area contributed by atoms with Crippen molar-refractivity contribution in [3.8, 4) is 11.4 Å². The lowest BCUT2D eigenvalue weighted by Crippen LogP contribution is -2.11. The Hall–Kier alpha value is -1.84. The summed E-state index contributed by atoms with van der Waals surface area (Å²) in [5.41, 5.74) is 1.49. The van der Waals surface area contributed by atoms with E-state index >= 15 is 0 Å². The summed E-state index contributed by atoms with van der Waals surface area (Å²) in [5, 5.41) is 0. The topological polar surface area (TPSA) is 58.9 Å². The van der Waals surface area contributed by atoms with Crippen LogP contribution in [0.25, 0.3) is 11.4 Å². The highest BCUT2D eigenvalue weighted by atomic mass is 16.3. The Labute approximate surface area is 93.3 Å². The highest BCUT2D eigenvalue weighted by molar-refractivity contribution is 5.52. The summed E-state index contributed by atoms with van der Waals surface area (Å²) in [4.78, 5) is 18.6. The summed E-state index contributed by atoms with van der Waals surface area (Å²) in [7, 11) is 0. The molecule has 2 rings (SSSR count). The van der Waals surface area contributed by atoms with E-state index < -0.39 is 0 Å². The maximum absolute atomic E-state index is 11.5. The van der Waals surface area contributed by atoms with Gasteiger partial charge < -0.3 is 9.40 Å². The number of hydrogen-bond acceptors (Lipinski definition) is 3. The molecule has 0 aliphatic heterocycles. The van der Waals surface area contributed by atoms with Crippen molar-refractivity contribution in [1.29, 1.82) is 0 Å². The van der Waals surface area contributed by atoms with Gasteiger partial charge in [-0.2, -0.15) is 0 Å². The number of aromatic nitrogens is 2. The molecule has 16 heavy (non-hydrogen) atoms. The van der Waals surface area contributed by atoms with E-state index in [1.165, 1.54) is 0 Å². The third-order valence-electron chi connectivity index (χ3n) is 2.21. The molecule has 0 atom stereocenters. The van der Waals surface area contributed by atoms with Crippen LogP contribution >= 0.6 is 0 Å². The molecule has 0 saturated carbocycles. The summed E-state index contributed by atoms with van der Waals surface area (Å²) in [6.07, 6.45) is 3.93. The molecule has 2 aromatic heterocycles. The Morgan fingerprint density at radius 3 is 2.94 bits per heavy atom. The van der Waals surface area contributed by atoms with Crippen molar-refractivity contribution in [1.82, 2.24) is 9.97 Å². The number of nitrogens with one attached hydrogen (secondary N) is 1. The zero-order valence-electron chi connectivity index (χ0n) is 9.36. The summed E-state index contributed by atoms with van der Waals surface area (Å²) < 4.78 is 4.97. The van der Waals surface area contributed by atoms with Crippen LogP contribution in [0.2, 0.25) is 0 Å². The first-order valence-electron chi connectivity index (χ1n) is 5.28. The molecular formula is C12H14N2O2. The van der Waals surface area contributed by atoms with Gasteiger partial charge in [0.05, 0.1) is 11.8 Å². The Kier molecular flexibility index (Phi) is 2.90. The van der Waals surface area contributed by atoms with Crippen LogP contribution in [0.1, 0.15) is 19.5 Å². The van der Waals surface area contributed by atoms with Crippen LogP contribution in [0.5, 0.6) is 0 Å². The first-order valence-corrected chi connectivity index (χ1v) is 5.28. The minimum absolute atomic E-state index is 0.123. The van der Waals surface area contributed by atoms with Gasteiger partial charge in [0.2, 0.25) is 0 Å².